The third kappa shape index (κ3) is 9.24. The van der Waals surface area contributed by atoms with Crippen LogP contribution in [0.15, 0.2) is 352 Å². The molecule has 2 nitrogen and oxygen atoms in total. The number of para-hydroxylation sites is 2. The Morgan fingerprint density at radius 2 is 0.364 bits per heavy atom. The fraction of sp³-hybridized carbons (Fsp3) is 0. The maximum absolute atomic E-state index is 2.37. The van der Waals surface area contributed by atoms with Crippen LogP contribution in [-0.4, -0.2) is 0 Å². The Bertz CT molecular complexity index is 4790. The summed E-state index contributed by atoms with van der Waals surface area (Å²) in [6.45, 7) is 0. The molecule has 0 aliphatic carbocycles. The smallest absolute Gasteiger partial charge is 0.0467 e. The number of nitrogens with zero attached hydrogens (tertiary/aromatic N) is 2. The van der Waals surface area contributed by atoms with Crippen molar-refractivity contribution in [2.45, 2.75) is 0 Å². The van der Waals surface area contributed by atoms with Gasteiger partial charge in [0.05, 0.1) is 0 Å². The third-order valence-electron chi connectivity index (χ3n) is 17.6. The Balaban J connectivity index is 0.832. The molecule has 0 aliphatic rings. The minimum atomic E-state index is 1.09. The number of benzene rings is 16. The molecule has 412 valence electrons. The molecule has 0 fully saturated rings. The highest BCUT2D eigenvalue weighted by atomic mass is 15.1. The van der Waals surface area contributed by atoms with Crippen LogP contribution in [0.3, 0.4) is 0 Å². The van der Waals surface area contributed by atoms with Crippen LogP contribution in [0.1, 0.15) is 0 Å². The summed E-state index contributed by atoms with van der Waals surface area (Å²) in [7, 11) is 0. The summed E-state index contributed by atoms with van der Waals surface area (Å²) in [5, 5.41) is 12.1. The van der Waals surface area contributed by atoms with Crippen LogP contribution in [0.4, 0.5) is 34.1 Å². The van der Waals surface area contributed by atoms with Crippen LogP contribution in [0.25, 0.3) is 121 Å². The zero-order valence-electron chi connectivity index (χ0n) is 48.4. The molecular formula is C86H58N2. The highest BCUT2D eigenvalue weighted by Crippen LogP contribution is 2.50. The molecule has 0 spiro atoms. The first-order chi connectivity index (χ1) is 43.7. The lowest BCUT2D eigenvalue weighted by Gasteiger charge is -2.26. The highest BCUT2D eigenvalue weighted by Gasteiger charge is 2.24. The molecule has 0 radical (unpaired) electrons. The second-order valence-corrected chi connectivity index (χ2v) is 22.7. The molecule has 0 bridgehead atoms. The quantitative estimate of drug-likeness (QED) is 0.113. The zero-order valence-corrected chi connectivity index (χ0v) is 48.4. The van der Waals surface area contributed by atoms with Gasteiger partial charge >= 0.3 is 0 Å². The van der Waals surface area contributed by atoms with Crippen LogP contribution < -0.4 is 9.80 Å². The fourth-order valence-corrected chi connectivity index (χ4v) is 13.7. The number of hydrogen-bond donors (Lipinski definition) is 0. The Kier molecular flexibility index (Phi) is 13.3. The monoisotopic (exact) mass is 1120 g/mol. The summed E-state index contributed by atoms with van der Waals surface area (Å²) in [6, 6.07) is 129. The molecule has 0 unspecified atom stereocenters. The lowest BCUT2D eigenvalue weighted by atomic mass is 9.82. The topological polar surface area (TPSA) is 6.48 Å². The minimum absolute atomic E-state index is 1.09. The molecule has 0 N–H and O–H groups in total. The maximum Gasteiger partial charge on any atom is 0.0467 e. The van der Waals surface area contributed by atoms with Gasteiger partial charge < -0.3 is 9.80 Å². The van der Waals surface area contributed by atoms with E-state index in [1.807, 2.05) is 0 Å². The summed E-state index contributed by atoms with van der Waals surface area (Å²) in [5.74, 6) is 0. The van der Waals surface area contributed by atoms with Gasteiger partial charge in [-0.25, -0.2) is 0 Å². The lowest BCUT2D eigenvalue weighted by Crippen LogP contribution is -2.09. The Hall–Kier alpha value is -11.6. The molecule has 16 rings (SSSR count). The van der Waals surface area contributed by atoms with Crippen molar-refractivity contribution in [3.05, 3.63) is 352 Å². The predicted molar refractivity (Wildman–Crippen MR) is 376 cm³/mol. The SMILES string of the molecule is c1ccc(-c2ccc(N(c3ccccc3)c3cccc(-c4c5ccccc5c(-c5cccc6c(-c7c8ccccc8c(-c8cccc(N(c9ccccc9)c9ccc(-c%10ccccc%10)cc9)c8)c8ccccc78)cccc56)c5ccccc45)c3)cc2)cc1. The van der Waals surface area contributed by atoms with Gasteiger partial charge in [-0.1, -0.05) is 279 Å². The second-order valence-electron chi connectivity index (χ2n) is 22.7. The first-order valence-corrected chi connectivity index (χ1v) is 30.3. The van der Waals surface area contributed by atoms with Gasteiger partial charge in [0.1, 0.15) is 0 Å². The minimum Gasteiger partial charge on any atom is -0.310 e. The lowest BCUT2D eigenvalue weighted by molar-refractivity contribution is 1.28. The Labute approximate surface area is 513 Å². The standard InChI is InChI=1S/C86H58N2/c1-5-25-59(26-6-1)61-49-53-67(54-50-61)87(65-31-9-3-10-32-65)69-35-21-29-63(57-69)83-75-37-13-17-41-79(75)85(80-42-18-14-38-76(80)83)73-47-23-46-72-71(73)45-24-48-74(72)86-81-43-19-15-39-77(81)84(78-40-16-20-44-82(78)86)64-30-22-36-70(58-64)88(66-33-11-4-12-34-66)68-55-51-62(52-56-68)60-27-7-2-8-28-60/h1-58H. The van der Waals surface area contributed by atoms with Crippen molar-refractivity contribution >= 4 is 88.0 Å². The molecule has 0 amide bonds. The first kappa shape index (κ1) is 52.0. The molecule has 0 aromatic heterocycles. The molecule has 88 heavy (non-hydrogen) atoms. The van der Waals surface area contributed by atoms with Gasteiger partial charge in [0.15, 0.2) is 0 Å². The van der Waals surface area contributed by atoms with Crippen LogP contribution in [0.5, 0.6) is 0 Å². The van der Waals surface area contributed by atoms with Crippen molar-refractivity contribution < 1.29 is 0 Å². The van der Waals surface area contributed by atoms with Gasteiger partial charge in [-0.3, -0.25) is 0 Å². The average molecular weight is 1120 g/mol. The van der Waals surface area contributed by atoms with Crippen molar-refractivity contribution in [1.29, 1.82) is 0 Å². The molecular weight excluding hydrogens is 1060 g/mol. The van der Waals surface area contributed by atoms with E-state index in [0.29, 0.717) is 0 Å². The number of fused-ring (bicyclic) bond motifs is 5. The maximum atomic E-state index is 2.37. The van der Waals surface area contributed by atoms with Crippen LogP contribution in [0.2, 0.25) is 0 Å². The zero-order chi connectivity index (χ0) is 58.3. The summed E-state index contributed by atoms with van der Waals surface area (Å²) in [4.78, 5) is 4.74. The number of rotatable bonds is 12. The summed E-state index contributed by atoms with van der Waals surface area (Å²) >= 11 is 0. The van der Waals surface area contributed by atoms with E-state index >= 15 is 0 Å². The van der Waals surface area contributed by atoms with E-state index in [1.165, 1.54) is 109 Å². The molecule has 2 heteroatoms. The molecule has 0 saturated heterocycles. The Morgan fingerprint density at radius 1 is 0.136 bits per heavy atom. The van der Waals surface area contributed by atoms with Gasteiger partial charge in [-0.05, 0) is 193 Å². The molecule has 16 aromatic carbocycles. The van der Waals surface area contributed by atoms with Crippen molar-refractivity contribution in [3.8, 4) is 66.8 Å². The molecule has 16 aromatic rings. The normalized spacial score (nSPS) is 11.4. The molecule has 0 saturated carbocycles. The largest absolute Gasteiger partial charge is 0.310 e. The van der Waals surface area contributed by atoms with Gasteiger partial charge in [0.2, 0.25) is 0 Å². The van der Waals surface area contributed by atoms with Crippen LogP contribution >= 0.6 is 0 Å². The van der Waals surface area contributed by atoms with Crippen LogP contribution in [-0.2, 0) is 0 Å². The van der Waals surface area contributed by atoms with E-state index in [-0.39, 0.29) is 0 Å². The van der Waals surface area contributed by atoms with E-state index in [1.54, 1.807) is 0 Å². The van der Waals surface area contributed by atoms with Gasteiger partial charge in [0, 0.05) is 34.1 Å². The van der Waals surface area contributed by atoms with Crippen molar-refractivity contribution in [2.75, 3.05) is 9.80 Å². The third-order valence-corrected chi connectivity index (χ3v) is 17.6. The van der Waals surface area contributed by atoms with E-state index in [9.17, 15) is 0 Å². The fourth-order valence-electron chi connectivity index (χ4n) is 13.7. The Morgan fingerprint density at radius 3 is 0.693 bits per heavy atom. The molecule has 0 atom stereocenters. The summed E-state index contributed by atoms with van der Waals surface area (Å²) < 4.78 is 0. The van der Waals surface area contributed by atoms with Gasteiger partial charge in [-0.2, -0.15) is 0 Å². The van der Waals surface area contributed by atoms with E-state index in [2.05, 4.69) is 362 Å². The van der Waals surface area contributed by atoms with Crippen molar-refractivity contribution in [2.24, 2.45) is 0 Å². The summed E-state index contributed by atoms with van der Waals surface area (Å²) in [5.41, 5.74) is 21.0. The van der Waals surface area contributed by atoms with Crippen molar-refractivity contribution in [3.63, 3.8) is 0 Å². The summed E-state index contributed by atoms with van der Waals surface area (Å²) in [6.07, 6.45) is 0. The van der Waals surface area contributed by atoms with Crippen LogP contribution in [0, 0.1) is 0 Å². The first-order valence-electron chi connectivity index (χ1n) is 30.3. The van der Waals surface area contributed by atoms with Crippen molar-refractivity contribution in [1.82, 2.24) is 0 Å². The molecule has 0 heterocycles. The average Bonchev–Trinajstić information content (AvgIpc) is 1.23. The molecule has 0 aliphatic heterocycles. The number of hydrogen-bond acceptors (Lipinski definition) is 2. The predicted octanol–water partition coefficient (Wildman–Crippen LogP) is 24.4. The van der Waals surface area contributed by atoms with E-state index < -0.39 is 0 Å². The van der Waals surface area contributed by atoms with Gasteiger partial charge in [0.25, 0.3) is 0 Å². The second kappa shape index (κ2) is 22.4. The number of anilines is 6. The van der Waals surface area contributed by atoms with E-state index in [4.69, 9.17) is 0 Å². The highest BCUT2D eigenvalue weighted by molar-refractivity contribution is 6.27. The van der Waals surface area contributed by atoms with E-state index in [0.717, 1.165) is 45.3 Å². The van der Waals surface area contributed by atoms with Gasteiger partial charge in [-0.15, -0.1) is 0 Å².